The lowest BCUT2D eigenvalue weighted by Gasteiger charge is -2.08. The van der Waals surface area contributed by atoms with Crippen molar-refractivity contribution < 1.29 is 17.9 Å². The summed E-state index contributed by atoms with van der Waals surface area (Å²) in [4.78, 5) is 30.4. The van der Waals surface area contributed by atoms with Gasteiger partial charge in [-0.05, 0) is 55.8 Å². The largest absolute Gasteiger partial charge is 0.494 e. The van der Waals surface area contributed by atoms with E-state index in [1.807, 2.05) is 19.9 Å². The number of aromatic amines is 1. The Balaban J connectivity index is 1.69. The molecule has 3 rings (SSSR count). The van der Waals surface area contributed by atoms with Crippen LogP contribution in [-0.4, -0.2) is 36.7 Å². The third-order valence-corrected chi connectivity index (χ3v) is 7.18. The summed E-state index contributed by atoms with van der Waals surface area (Å²) >= 11 is 7.06. The number of benzene rings is 2. The topological polar surface area (TPSA) is 118 Å². The number of thioether (sulfide) groups is 1. The Morgan fingerprint density at radius 1 is 1.22 bits per heavy atom. The van der Waals surface area contributed by atoms with Gasteiger partial charge in [0.25, 0.3) is 5.56 Å². The molecule has 0 fully saturated rings. The first-order valence-corrected chi connectivity index (χ1v) is 12.3. The van der Waals surface area contributed by atoms with Gasteiger partial charge in [0.1, 0.15) is 5.75 Å². The number of halogens is 1. The number of hydrogen-bond donors (Lipinski definition) is 2. The maximum atomic E-state index is 12.8. The molecule has 3 aromatic rings. The number of nitrogens with zero attached hydrogens (tertiary/aromatic N) is 1. The smallest absolute Gasteiger partial charge is 0.270 e. The highest BCUT2D eigenvalue weighted by atomic mass is 35.5. The summed E-state index contributed by atoms with van der Waals surface area (Å²) in [6, 6.07) is 11.0. The van der Waals surface area contributed by atoms with Crippen molar-refractivity contribution in [2.75, 3.05) is 17.7 Å². The van der Waals surface area contributed by atoms with Crippen molar-refractivity contribution in [2.45, 2.75) is 28.8 Å². The van der Waals surface area contributed by atoms with E-state index in [1.54, 1.807) is 12.1 Å². The quantitative estimate of drug-likeness (QED) is 0.363. The molecule has 2 aromatic carbocycles. The van der Waals surface area contributed by atoms with Gasteiger partial charge in [-0.15, -0.1) is 0 Å². The van der Waals surface area contributed by atoms with Crippen molar-refractivity contribution in [3.05, 3.63) is 69.6 Å². The molecule has 0 aliphatic heterocycles. The number of hydrogen-bond acceptors (Lipinski definition) is 7. The normalized spacial score (nSPS) is 11.2. The van der Waals surface area contributed by atoms with Crippen LogP contribution >= 0.6 is 23.4 Å². The van der Waals surface area contributed by atoms with Crippen LogP contribution in [0.1, 0.15) is 12.5 Å². The number of amides is 1. The van der Waals surface area contributed by atoms with Gasteiger partial charge in [0.05, 0.1) is 34.2 Å². The van der Waals surface area contributed by atoms with Crippen molar-refractivity contribution in [2.24, 2.45) is 0 Å². The number of ether oxygens (including phenoxy) is 1. The van der Waals surface area contributed by atoms with E-state index >= 15 is 0 Å². The molecule has 2 N–H and O–H groups in total. The molecule has 0 saturated carbocycles. The van der Waals surface area contributed by atoms with Gasteiger partial charge in [-0.25, -0.2) is 13.4 Å². The summed E-state index contributed by atoms with van der Waals surface area (Å²) in [5.74, 6) is 0.114. The van der Waals surface area contributed by atoms with Crippen LogP contribution in [-0.2, 0) is 14.6 Å². The lowest BCUT2D eigenvalue weighted by Crippen LogP contribution is -2.20. The molecule has 0 spiro atoms. The fourth-order valence-electron chi connectivity index (χ4n) is 2.68. The Kier molecular flexibility index (Phi) is 7.60. The summed E-state index contributed by atoms with van der Waals surface area (Å²) in [7, 11) is -4.06. The Bertz CT molecular complexity index is 1290. The van der Waals surface area contributed by atoms with Crippen LogP contribution in [0.5, 0.6) is 5.75 Å². The van der Waals surface area contributed by atoms with E-state index in [0.29, 0.717) is 23.1 Å². The molecule has 0 bridgehead atoms. The highest BCUT2D eigenvalue weighted by molar-refractivity contribution is 7.99. The predicted molar refractivity (Wildman–Crippen MR) is 123 cm³/mol. The van der Waals surface area contributed by atoms with E-state index in [4.69, 9.17) is 16.3 Å². The second kappa shape index (κ2) is 10.2. The molecule has 8 nitrogen and oxygen atoms in total. The number of carbonyl (C=O) groups excluding carboxylic acids is 1. The number of H-pyrrole nitrogens is 1. The summed E-state index contributed by atoms with van der Waals surface area (Å²) < 4.78 is 30.8. The monoisotopic (exact) mass is 493 g/mol. The van der Waals surface area contributed by atoms with Crippen molar-refractivity contribution in [1.82, 2.24) is 9.97 Å². The highest BCUT2D eigenvalue weighted by Crippen LogP contribution is 2.24. The SMILES string of the molecule is CCOc1ccc(S(=O)(=O)c2cnc(SCC(=O)Nc3ccc(C)cc3Cl)[nH]c2=O)cc1. The summed E-state index contributed by atoms with van der Waals surface area (Å²) in [6.07, 6.45) is 0.988. The van der Waals surface area contributed by atoms with Gasteiger partial charge in [-0.1, -0.05) is 29.4 Å². The number of sulfone groups is 1. The highest BCUT2D eigenvalue weighted by Gasteiger charge is 2.22. The Morgan fingerprint density at radius 3 is 2.56 bits per heavy atom. The summed E-state index contributed by atoms with van der Waals surface area (Å²) in [5, 5.41) is 3.21. The molecule has 0 saturated heterocycles. The van der Waals surface area contributed by atoms with Crippen molar-refractivity contribution in [1.29, 1.82) is 0 Å². The molecular formula is C21H20ClN3O5S2. The first-order valence-electron chi connectivity index (χ1n) is 9.46. The zero-order chi connectivity index (χ0) is 23.3. The van der Waals surface area contributed by atoms with E-state index in [0.717, 1.165) is 23.5 Å². The van der Waals surface area contributed by atoms with Gasteiger partial charge >= 0.3 is 0 Å². The first kappa shape index (κ1) is 23.8. The Labute approximate surface area is 194 Å². The number of aromatic nitrogens is 2. The fourth-order valence-corrected chi connectivity index (χ4v) is 4.83. The molecule has 1 aromatic heterocycles. The molecule has 32 heavy (non-hydrogen) atoms. The Hall–Kier alpha value is -2.82. The predicted octanol–water partition coefficient (Wildman–Crippen LogP) is 3.69. The molecular weight excluding hydrogens is 474 g/mol. The van der Waals surface area contributed by atoms with Gasteiger partial charge < -0.3 is 15.0 Å². The van der Waals surface area contributed by atoms with Crippen molar-refractivity contribution >= 4 is 44.8 Å². The van der Waals surface area contributed by atoms with Crippen LogP contribution in [0.2, 0.25) is 5.02 Å². The first-order chi connectivity index (χ1) is 15.2. The molecule has 1 heterocycles. The van der Waals surface area contributed by atoms with Crippen LogP contribution in [0, 0.1) is 6.92 Å². The fraction of sp³-hybridized carbons (Fsp3) is 0.190. The van der Waals surface area contributed by atoms with E-state index in [-0.39, 0.29) is 21.7 Å². The molecule has 0 unspecified atom stereocenters. The number of anilines is 1. The minimum atomic E-state index is -4.06. The second-order valence-corrected chi connectivity index (χ2v) is 9.90. The molecule has 0 atom stereocenters. The lowest BCUT2D eigenvalue weighted by molar-refractivity contribution is -0.113. The zero-order valence-electron chi connectivity index (χ0n) is 17.2. The maximum Gasteiger partial charge on any atom is 0.270 e. The van der Waals surface area contributed by atoms with Crippen LogP contribution in [0.3, 0.4) is 0 Å². The lowest BCUT2D eigenvalue weighted by atomic mass is 10.2. The van der Waals surface area contributed by atoms with Crippen LogP contribution in [0.15, 0.2) is 68.4 Å². The van der Waals surface area contributed by atoms with Gasteiger partial charge in [0, 0.05) is 0 Å². The Morgan fingerprint density at radius 2 is 1.94 bits per heavy atom. The maximum absolute atomic E-state index is 12.8. The number of rotatable bonds is 8. The van der Waals surface area contributed by atoms with Crippen molar-refractivity contribution in [3.8, 4) is 5.75 Å². The zero-order valence-corrected chi connectivity index (χ0v) is 19.6. The van der Waals surface area contributed by atoms with Gasteiger partial charge in [0.2, 0.25) is 15.7 Å². The second-order valence-electron chi connectivity index (χ2n) is 6.61. The summed E-state index contributed by atoms with van der Waals surface area (Å²) in [6.45, 7) is 4.15. The minimum absolute atomic E-state index is 0.0528. The molecule has 1 amide bonds. The molecule has 0 aliphatic carbocycles. The van der Waals surface area contributed by atoms with Gasteiger partial charge in [-0.2, -0.15) is 0 Å². The third-order valence-electron chi connectivity index (χ3n) is 4.22. The van der Waals surface area contributed by atoms with Crippen molar-refractivity contribution in [3.63, 3.8) is 0 Å². The average molecular weight is 494 g/mol. The average Bonchev–Trinajstić information content (AvgIpc) is 2.75. The van der Waals surface area contributed by atoms with E-state index < -0.39 is 20.3 Å². The molecule has 168 valence electrons. The van der Waals surface area contributed by atoms with Crippen LogP contribution < -0.4 is 15.6 Å². The number of nitrogens with one attached hydrogen (secondary N) is 2. The molecule has 0 aliphatic rings. The third kappa shape index (κ3) is 5.70. The molecule has 0 radical (unpaired) electrons. The van der Waals surface area contributed by atoms with E-state index in [9.17, 15) is 18.0 Å². The van der Waals surface area contributed by atoms with Crippen LogP contribution in [0.25, 0.3) is 0 Å². The van der Waals surface area contributed by atoms with E-state index in [2.05, 4.69) is 15.3 Å². The van der Waals surface area contributed by atoms with Gasteiger partial charge in [-0.3, -0.25) is 9.59 Å². The molecule has 11 heteroatoms. The number of carbonyl (C=O) groups is 1. The van der Waals surface area contributed by atoms with Crippen LogP contribution in [0.4, 0.5) is 5.69 Å². The van der Waals surface area contributed by atoms with E-state index in [1.165, 1.54) is 24.3 Å². The standard InChI is InChI=1S/C21H20ClN3O5S2/c1-3-30-14-5-7-15(8-6-14)32(28,29)18-11-23-21(25-20(18)27)31-12-19(26)24-17-9-4-13(2)10-16(17)22/h4-11H,3,12H2,1-2H3,(H,24,26)(H,23,25,27). The number of aryl methyl sites for hydroxylation is 1. The minimum Gasteiger partial charge on any atom is -0.494 e. The summed E-state index contributed by atoms with van der Waals surface area (Å²) in [5.41, 5.74) is 0.615. The van der Waals surface area contributed by atoms with Gasteiger partial charge in [0.15, 0.2) is 10.1 Å².